The second-order valence-corrected chi connectivity index (χ2v) is 9.41. The van der Waals surface area contributed by atoms with Gasteiger partial charge in [0.15, 0.2) is 0 Å². The molecular formula is C21H20ClN3OS2. The van der Waals surface area contributed by atoms with Crippen molar-refractivity contribution in [2.24, 2.45) is 0 Å². The van der Waals surface area contributed by atoms with Crippen LogP contribution in [0.5, 0.6) is 0 Å². The van der Waals surface area contributed by atoms with Crippen LogP contribution in [0, 0.1) is 0 Å². The van der Waals surface area contributed by atoms with Crippen LogP contribution in [0.3, 0.4) is 0 Å². The smallest absolute Gasteiger partial charge is 0.256 e. The highest BCUT2D eigenvalue weighted by Crippen LogP contribution is 2.29. The molecule has 0 spiro atoms. The summed E-state index contributed by atoms with van der Waals surface area (Å²) in [6.45, 7) is 4.07. The van der Waals surface area contributed by atoms with E-state index in [4.69, 9.17) is 11.6 Å². The second kappa shape index (κ2) is 9.09. The number of hydrogen-bond donors (Lipinski definition) is 0. The fourth-order valence-electron chi connectivity index (χ4n) is 3.17. The Labute approximate surface area is 178 Å². The molecule has 0 atom stereocenters. The minimum Gasteiger partial charge on any atom is -0.336 e. The fourth-order valence-corrected chi connectivity index (χ4v) is 5.20. The Bertz CT molecular complexity index is 940. The van der Waals surface area contributed by atoms with Gasteiger partial charge < -0.3 is 4.90 Å². The number of benzene rings is 1. The fraction of sp³-hybridized carbons (Fsp3) is 0.238. The number of piperazine rings is 1. The van der Waals surface area contributed by atoms with E-state index in [1.165, 1.54) is 16.6 Å². The van der Waals surface area contributed by atoms with Crippen molar-refractivity contribution >= 4 is 40.6 Å². The van der Waals surface area contributed by atoms with Crippen LogP contribution in [-0.4, -0.2) is 46.9 Å². The largest absolute Gasteiger partial charge is 0.336 e. The minimum absolute atomic E-state index is 0.0605. The van der Waals surface area contributed by atoms with Crippen LogP contribution in [0.4, 0.5) is 0 Å². The van der Waals surface area contributed by atoms with Gasteiger partial charge in [0.1, 0.15) is 5.03 Å². The van der Waals surface area contributed by atoms with Gasteiger partial charge in [-0.15, -0.1) is 11.3 Å². The van der Waals surface area contributed by atoms with Gasteiger partial charge in [0.25, 0.3) is 5.91 Å². The zero-order chi connectivity index (χ0) is 19.3. The van der Waals surface area contributed by atoms with Crippen molar-refractivity contribution in [2.75, 3.05) is 26.2 Å². The topological polar surface area (TPSA) is 36.4 Å². The van der Waals surface area contributed by atoms with E-state index in [-0.39, 0.29) is 5.91 Å². The summed E-state index contributed by atoms with van der Waals surface area (Å²) < 4.78 is 0.823. The van der Waals surface area contributed by atoms with Gasteiger partial charge in [0.05, 0.1) is 9.90 Å². The molecule has 7 heteroatoms. The monoisotopic (exact) mass is 429 g/mol. The SMILES string of the molecule is O=C(c1cccnc1Sc1ccccc1)N1CCN(Cc2ccc(Cl)s2)CC1. The molecule has 3 aromatic rings. The van der Waals surface area contributed by atoms with Crippen molar-refractivity contribution in [3.05, 3.63) is 75.6 Å². The highest BCUT2D eigenvalue weighted by molar-refractivity contribution is 7.99. The molecule has 3 heterocycles. The molecule has 1 aromatic carbocycles. The zero-order valence-electron chi connectivity index (χ0n) is 15.3. The molecule has 1 fully saturated rings. The lowest BCUT2D eigenvalue weighted by molar-refractivity contribution is 0.0625. The molecule has 1 aliphatic heterocycles. The first-order valence-corrected chi connectivity index (χ1v) is 11.1. The number of halogens is 1. The van der Waals surface area contributed by atoms with E-state index in [1.807, 2.05) is 53.4 Å². The highest BCUT2D eigenvalue weighted by Gasteiger charge is 2.24. The van der Waals surface area contributed by atoms with E-state index in [0.29, 0.717) is 5.56 Å². The standard InChI is InChI=1S/C21H20ClN3OS2/c22-19-9-8-17(27-19)15-24-11-13-25(14-12-24)21(26)18-7-4-10-23-20(18)28-16-5-2-1-3-6-16/h1-10H,11-15H2. The number of rotatable bonds is 5. The number of hydrogen-bond acceptors (Lipinski definition) is 5. The predicted octanol–water partition coefficient (Wildman–Crippen LogP) is 4.91. The van der Waals surface area contributed by atoms with Gasteiger partial charge in [-0.05, 0) is 36.4 Å². The normalized spacial score (nSPS) is 15.0. The van der Waals surface area contributed by atoms with Crippen LogP contribution in [0.15, 0.2) is 70.7 Å². The first kappa shape index (κ1) is 19.5. The molecule has 1 saturated heterocycles. The number of thiophene rings is 1. The summed E-state index contributed by atoms with van der Waals surface area (Å²) in [4.78, 5) is 24.2. The third kappa shape index (κ3) is 4.75. The van der Waals surface area contributed by atoms with E-state index in [9.17, 15) is 4.79 Å². The van der Waals surface area contributed by atoms with Gasteiger partial charge in [-0.3, -0.25) is 9.69 Å². The summed E-state index contributed by atoms with van der Waals surface area (Å²) in [5.74, 6) is 0.0605. The van der Waals surface area contributed by atoms with E-state index in [1.54, 1.807) is 17.5 Å². The van der Waals surface area contributed by atoms with Crippen LogP contribution in [0.2, 0.25) is 4.34 Å². The molecule has 4 nitrogen and oxygen atoms in total. The summed E-state index contributed by atoms with van der Waals surface area (Å²) in [5, 5.41) is 0.759. The summed E-state index contributed by atoms with van der Waals surface area (Å²) in [5.41, 5.74) is 0.676. The maximum Gasteiger partial charge on any atom is 0.256 e. The van der Waals surface area contributed by atoms with Crippen molar-refractivity contribution in [1.29, 1.82) is 0 Å². The van der Waals surface area contributed by atoms with Gasteiger partial charge in [0, 0.05) is 48.7 Å². The minimum atomic E-state index is 0.0605. The lowest BCUT2D eigenvalue weighted by atomic mass is 10.2. The average Bonchev–Trinajstić information content (AvgIpc) is 3.14. The Kier molecular flexibility index (Phi) is 6.32. The Balaban J connectivity index is 1.40. The summed E-state index contributed by atoms with van der Waals surface area (Å²) in [7, 11) is 0. The van der Waals surface area contributed by atoms with Crippen LogP contribution >= 0.6 is 34.7 Å². The zero-order valence-corrected chi connectivity index (χ0v) is 17.6. The number of nitrogens with zero attached hydrogens (tertiary/aromatic N) is 3. The molecule has 0 bridgehead atoms. The molecule has 0 saturated carbocycles. The Morgan fingerprint density at radius 1 is 1.04 bits per heavy atom. The summed E-state index contributed by atoms with van der Waals surface area (Å²) >= 11 is 9.17. The van der Waals surface area contributed by atoms with Gasteiger partial charge in [-0.1, -0.05) is 41.6 Å². The first-order chi connectivity index (χ1) is 13.7. The van der Waals surface area contributed by atoms with E-state index < -0.39 is 0 Å². The molecule has 1 aliphatic rings. The molecule has 0 radical (unpaired) electrons. The third-order valence-corrected chi connectivity index (χ3v) is 6.87. The lowest BCUT2D eigenvalue weighted by Crippen LogP contribution is -2.48. The van der Waals surface area contributed by atoms with Crippen LogP contribution in [0.1, 0.15) is 15.2 Å². The molecule has 0 N–H and O–H groups in total. The Hall–Kier alpha value is -1.86. The number of carbonyl (C=O) groups excluding carboxylic acids is 1. The second-order valence-electron chi connectivity index (χ2n) is 6.55. The summed E-state index contributed by atoms with van der Waals surface area (Å²) in [6, 6.07) is 17.8. The molecule has 4 rings (SSSR count). The van der Waals surface area contributed by atoms with E-state index in [0.717, 1.165) is 47.0 Å². The number of aromatic nitrogens is 1. The summed E-state index contributed by atoms with van der Waals surface area (Å²) in [6.07, 6.45) is 1.74. The average molecular weight is 430 g/mol. The predicted molar refractivity (Wildman–Crippen MR) is 115 cm³/mol. The molecule has 28 heavy (non-hydrogen) atoms. The van der Waals surface area contributed by atoms with Gasteiger partial charge in [-0.2, -0.15) is 0 Å². The van der Waals surface area contributed by atoms with Gasteiger partial charge >= 0.3 is 0 Å². The van der Waals surface area contributed by atoms with Crippen LogP contribution in [-0.2, 0) is 6.54 Å². The van der Waals surface area contributed by atoms with Crippen molar-refractivity contribution in [3.63, 3.8) is 0 Å². The maximum absolute atomic E-state index is 13.1. The number of amides is 1. The number of pyridine rings is 1. The Morgan fingerprint density at radius 2 is 1.82 bits per heavy atom. The van der Waals surface area contributed by atoms with Gasteiger partial charge in [-0.25, -0.2) is 4.98 Å². The van der Waals surface area contributed by atoms with E-state index >= 15 is 0 Å². The van der Waals surface area contributed by atoms with Crippen molar-refractivity contribution in [3.8, 4) is 0 Å². The van der Waals surface area contributed by atoms with Crippen molar-refractivity contribution in [2.45, 2.75) is 16.5 Å². The van der Waals surface area contributed by atoms with Crippen molar-refractivity contribution < 1.29 is 4.79 Å². The molecule has 144 valence electrons. The molecular weight excluding hydrogens is 410 g/mol. The number of carbonyl (C=O) groups is 1. The maximum atomic E-state index is 13.1. The quantitative estimate of drug-likeness (QED) is 0.577. The van der Waals surface area contributed by atoms with E-state index in [2.05, 4.69) is 16.0 Å². The van der Waals surface area contributed by atoms with Crippen molar-refractivity contribution in [1.82, 2.24) is 14.8 Å². The highest BCUT2D eigenvalue weighted by atomic mass is 35.5. The third-order valence-electron chi connectivity index (χ3n) is 4.63. The molecule has 0 aliphatic carbocycles. The van der Waals surface area contributed by atoms with Crippen LogP contribution < -0.4 is 0 Å². The van der Waals surface area contributed by atoms with Gasteiger partial charge in [0.2, 0.25) is 0 Å². The molecule has 2 aromatic heterocycles. The molecule has 0 unspecified atom stereocenters. The molecule has 1 amide bonds. The Morgan fingerprint density at radius 3 is 2.54 bits per heavy atom. The first-order valence-electron chi connectivity index (χ1n) is 9.13. The van der Waals surface area contributed by atoms with Crippen LogP contribution in [0.25, 0.3) is 0 Å². The lowest BCUT2D eigenvalue weighted by Gasteiger charge is -2.34.